The molecule has 1 rings (SSSR count). The van der Waals surface area contributed by atoms with E-state index < -0.39 is 0 Å². The molecule has 4 heteroatoms. The summed E-state index contributed by atoms with van der Waals surface area (Å²) in [5.74, 6) is 0.195. The fourth-order valence-corrected chi connectivity index (χ4v) is 1.58. The molecule has 0 saturated carbocycles. The van der Waals surface area contributed by atoms with E-state index in [-0.39, 0.29) is 25.1 Å². The second-order valence-corrected chi connectivity index (χ2v) is 4.83. The lowest BCUT2D eigenvalue weighted by atomic mass is 10.1. The minimum absolute atomic E-state index is 0.0372. The van der Waals surface area contributed by atoms with E-state index in [1.807, 2.05) is 45.0 Å². The van der Waals surface area contributed by atoms with Crippen LogP contribution in [0.2, 0.25) is 0 Å². The molecule has 3 N–H and O–H groups in total. The minimum atomic E-state index is -0.0991. The van der Waals surface area contributed by atoms with Crippen molar-refractivity contribution in [2.45, 2.75) is 26.8 Å². The van der Waals surface area contributed by atoms with Crippen LogP contribution >= 0.6 is 0 Å². The summed E-state index contributed by atoms with van der Waals surface area (Å²) in [5, 5.41) is 15.0. The van der Waals surface area contributed by atoms with E-state index in [9.17, 15) is 4.79 Å². The molecule has 0 saturated heterocycles. The van der Waals surface area contributed by atoms with Crippen LogP contribution in [0.25, 0.3) is 0 Å². The highest BCUT2D eigenvalue weighted by Crippen LogP contribution is 2.08. The number of carbonyl (C=O) groups is 1. The summed E-state index contributed by atoms with van der Waals surface area (Å²) in [6.07, 6.45) is 0. The maximum atomic E-state index is 11.7. The number of amides is 1. The Hall–Kier alpha value is -1.39. The molecule has 0 fully saturated rings. The van der Waals surface area contributed by atoms with Crippen molar-refractivity contribution in [3.8, 4) is 0 Å². The zero-order valence-corrected chi connectivity index (χ0v) is 11.2. The Bertz CT molecular complexity index is 374. The smallest absolute Gasteiger partial charge is 0.238 e. The first kappa shape index (κ1) is 14.7. The average molecular weight is 250 g/mol. The van der Waals surface area contributed by atoms with Crippen LogP contribution in [-0.4, -0.2) is 30.2 Å². The second-order valence-electron chi connectivity index (χ2n) is 4.83. The Labute approximate surface area is 108 Å². The Balaban J connectivity index is 2.40. The molecule has 1 atom stereocenters. The fraction of sp³-hybridized carbons (Fsp3) is 0.500. The van der Waals surface area contributed by atoms with E-state index in [0.29, 0.717) is 5.92 Å². The topological polar surface area (TPSA) is 61.4 Å². The van der Waals surface area contributed by atoms with Crippen molar-refractivity contribution in [2.24, 2.45) is 5.92 Å². The standard InChI is InChI=1S/C14H22N2O2/c1-10(2)13(9-17)15-8-14(18)16-12-6-4-11(3)5-7-12/h4-7,10,13,15,17H,8-9H2,1-3H3,(H,16,18)/t13-/m1/s1. The van der Waals surface area contributed by atoms with Gasteiger partial charge in [0.1, 0.15) is 0 Å². The van der Waals surface area contributed by atoms with Gasteiger partial charge in [-0.1, -0.05) is 31.5 Å². The highest BCUT2D eigenvalue weighted by Gasteiger charge is 2.12. The largest absolute Gasteiger partial charge is 0.395 e. The average Bonchev–Trinajstić information content (AvgIpc) is 2.32. The molecular weight excluding hydrogens is 228 g/mol. The van der Waals surface area contributed by atoms with Crippen LogP contribution < -0.4 is 10.6 Å². The molecule has 0 heterocycles. The number of aryl methyl sites for hydroxylation is 1. The number of benzene rings is 1. The Morgan fingerprint density at radius 2 is 1.89 bits per heavy atom. The van der Waals surface area contributed by atoms with E-state index in [1.54, 1.807) is 0 Å². The summed E-state index contributed by atoms with van der Waals surface area (Å²) >= 11 is 0. The predicted octanol–water partition coefficient (Wildman–Crippen LogP) is 1.54. The summed E-state index contributed by atoms with van der Waals surface area (Å²) in [6.45, 7) is 6.26. The van der Waals surface area contributed by atoms with Crippen LogP contribution in [0.4, 0.5) is 5.69 Å². The molecule has 1 aromatic rings. The third kappa shape index (κ3) is 4.85. The van der Waals surface area contributed by atoms with E-state index in [1.165, 1.54) is 0 Å². The monoisotopic (exact) mass is 250 g/mol. The van der Waals surface area contributed by atoms with Crippen LogP contribution in [0.1, 0.15) is 19.4 Å². The normalized spacial score (nSPS) is 12.5. The van der Waals surface area contributed by atoms with E-state index in [0.717, 1.165) is 11.3 Å². The van der Waals surface area contributed by atoms with E-state index >= 15 is 0 Å². The predicted molar refractivity (Wildman–Crippen MR) is 73.5 cm³/mol. The molecule has 100 valence electrons. The Kier molecular flexibility index (Phi) is 5.82. The fourth-order valence-electron chi connectivity index (χ4n) is 1.58. The minimum Gasteiger partial charge on any atom is -0.395 e. The first-order chi connectivity index (χ1) is 8.52. The maximum absolute atomic E-state index is 11.7. The molecule has 1 amide bonds. The molecule has 4 nitrogen and oxygen atoms in total. The number of rotatable bonds is 6. The molecule has 0 aromatic heterocycles. The van der Waals surface area contributed by atoms with Gasteiger partial charge in [-0.15, -0.1) is 0 Å². The number of anilines is 1. The molecule has 0 radical (unpaired) electrons. The van der Waals surface area contributed by atoms with E-state index in [4.69, 9.17) is 5.11 Å². The lowest BCUT2D eigenvalue weighted by Gasteiger charge is -2.19. The Morgan fingerprint density at radius 3 is 2.39 bits per heavy atom. The van der Waals surface area contributed by atoms with Gasteiger partial charge in [0.25, 0.3) is 0 Å². The first-order valence-electron chi connectivity index (χ1n) is 6.23. The zero-order valence-electron chi connectivity index (χ0n) is 11.2. The molecule has 0 spiro atoms. The second kappa shape index (κ2) is 7.13. The van der Waals surface area contributed by atoms with Crippen molar-refractivity contribution in [3.05, 3.63) is 29.8 Å². The Morgan fingerprint density at radius 1 is 1.28 bits per heavy atom. The van der Waals surface area contributed by atoms with Crippen molar-refractivity contribution in [1.29, 1.82) is 0 Å². The lowest BCUT2D eigenvalue weighted by Crippen LogP contribution is -2.41. The molecule has 1 aromatic carbocycles. The quantitative estimate of drug-likeness (QED) is 0.717. The first-order valence-corrected chi connectivity index (χ1v) is 6.23. The number of hydrogen-bond acceptors (Lipinski definition) is 3. The van der Waals surface area contributed by atoms with Crippen LogP contribution in [0.3, 0.4) is 0 Å². The summed E-state index contributed by atoms with van der Waals surface area (Å²) in [7, 11) is 0. The molecule has 0 aliphatic rings. The van der Waals surface area contributed by atoms with Crippen molar-refractivity contribution in [1.82, 2.24) is 5.32 Å². The summed E-state index contributed by atoms with van der Waals surface area (Å²) in [4.78, 5) is 11.7. The van der Waals surface area contributed by atoms with Gasteiger partial charge in [0.05, 0.1) is 13.2 Å². The summed E-state index contributed by atoms with van der Waals surface area (Å²) in [5.41, 5.74) is 1.95. The van der Waals surface area contributed by atoms with Crippen molar-refractivity contribution in [2.75, 3.05) is 18.5 Å². The molecule has 0 unspecified atom stereocenters. The van der Waals surface area contributed by atoms with Gasteiger partial charge in [-0.25, -0.2) is 0 Å². The molecular formula is C14H22N2O2. The van der Waals surface area contributed by atoms with Crippen molar-refractivity contribution < 1.29 is 9.90 Å². The SMILES string of the molecule is Cc1ccc(NC(=O)CN[C@H](CO)C(C)C)cc1. The number of nitrogens with one attached hydrogen (secondary N) is 2. The highest BCUT2D eigenvalue weighted by atomic mass is 16.3. The zero-order chi connectivity index (χ0) is 13.5. The van der Waals surface area contributed by atoms with Crippen LogP contribution in [-0.2, 0) is 4.79 Å². The third-order valence-electron chi connectivity index (χ3n) is 2.86. The number of aliphatic hydroxyl groups excluding tert-OH is 1. The summed E-state index contributed by atoms with van der Waals surface area (Å²) in [6, 6.07) is 7.61. The number of aliphatic hydroxyl groups is 1. The van der Waals surface area contributed by atoms with Gasteiger partial charge < -0.3 is 15.7 Å². The molecule has 18 heavy (non-hydrogen) atoms. The van der Waals surface area contributed by atoms with Crippen LogP contribution in [0.15, 0.2) is 24.3 Å². The molecule has 0 bridgehead atoms. The van der Waals surface area contributed by atoms with Crippen molar-refractivity contribution >= 4 is 11.6 Å². The van der Waals surface area contributed by atoms with Crippen LogP contribution in [0.5, 0.6) is 0 Å². The van der Waals surface area contributed by atoms with Gasteiger partial charge in [0.2, 0.25) is 5.91 Å². The van der Waals surface area contributed by atoms with Gasteiger partial charge in [-0.05, 0) is 25.0 Å². The number of carbonyl (C=O) groups excluding carboxylic acids is 1. The lowest BCUT2D eigenvalue weighted by molar-refractivity contribution is -0.115. The van der Waals surface area contributed by atoms with Gasteiger partial charge in [0.15, 0.2) is 0 Å². The molecule has 0 aliphatic heterocycles. The third-order valence-corrected chi connectivity index (χ3v) is 2.86. The van der Waals surface area contributed by atoms with Crippen molar-refractivity contribution in [3.63, 3.8) is 0 Å². The van der Waals surface area contributed by atoms with Gasteiger partial charge in [-0.3, -0.25) is 4.79 Å². The highest BCUT2D eigenvalue weighted by molar-refractivity contribution is 5.92. The summed E-state index contributed by atoms with van der Waals surface area (Å²) < 4.78 is 0. The number of hydrogen-bond donors (Lipinski definition) is 3. The van der Waals surface area contributed by atoms with Gasteiger partial charge in [-0.2, -0.15) is 0 Å². The van der Waals surface area contributed by atoms with Crippen LogP contribution in [0, 0.1) is 12.8 Å². The van der Waals surface area contributed by atoms with E-state index in [2.05, 4.69) is 10.6 Å². The van der Waals surface area contributed by atoms with Gasteiger partial charge in [0, 0.05) is 11.7 Å². The van der Waals surface area contributed by atoms with Gasteiger partial charge >= 0.3 is 0 Å². The molecule has 0 aliphatic carbocycles. The maximum Gasteiger partial charge on any atom is 0.238 e.